The Morgan fingerprint density at radius 2 is 1.97 bits per heavy atom. The zero-order chi connectivity index (χ0) is 21.3. The van der Waals surface area contributed by atoms with Gasteiger partial charge in [0, 0.05) is 24.9 Å². The number of benzene rings is 1. The molecule has 7 nitrogen and oxygen atoms in total. The summed E-state index contributed by atoms with van der Waals surface area (Å²) in [6.45, 7) is 5.38. The highest BCUT2D eigenvalue weighted by atomic mass is 19.1. The van der Waals surface area contributed by atoms with Crippen molar-refractivity contribution in [3.05, 3.63) is 47.3 Å². The lowest BCUT2D eigenvalue weighted by Crippen LogP contribution is -2.33. The zero-order valence-corrected chi connectivity index (χ0v) is 16.4. The van der Waals surface area contributed by atoms with Gasteiger partial charge >= 0.3 is 12.1 Å². The molecule has 1 aromatic carbocycles. The van der Waals surface area contributed by atoms with Crippen LogP contribution in [0.25, 0.3) is 0 Å². The highest BCUT2D eigenvalue weighted by molar-refractivity contribution is 5.96. The lowest BCUT2D eigenvalue weighted by molar-refractivity contribution is 0.0546. The number of rotatable bonds is 5. The van der Waals surface area contributed by atoms with Crippen molar-refractivity contribution in [2.75, 3.05) is 16.8 Å². The van der Waals surface area contributed by atoms with Crippen LogP contribution < -0.4 is 15.5 Å². The average Bonchev–Trinajstić information content (AvgIpc) is 3.40. The maximum atomic E-state index is 15.2. The molecule has 0 bridgehead atoms. The van der Waals surface area contributed by atoms with Crippen molar-refractivity contribution in [2.45, 2.75) is 45.3 Å². The number of nitrogens with one attached hydrogen (secondary N) is 2. The molecule has 0 aromatic heterocycles. The van der Waals surface area contributed by atoms with Crippen LogP contribution >= 0.6 is 0 Å². The molecule has 0 radical (unpaired) electrons. The number of hydrogen-bond acceptors (Lipinski definition) is 5. The van der Waals surface area contributed by atoms with Gasteiger partial charge in [-0.2, -0.15) is 0 Å². The Morgan fingerprint density at radius 3 is 2.55 bits per heavy atom. The summed E-state index contributed by atoms with van der Waals surface area (Å²) < 4.78 is 34.9. The summed E-state index contributed by atoms with van der Waals surface area (Å²) in [7, 11) is 0. The van der Waals surface area contributed by atoms with Gasteiger partial charge in [0.1, 0.15) is 17.0 Å². The van der Waals surface area contributed by atoms with Crippen LogP contribution in [-0.2, 0) is 4.74 Å². The Kier molecular flexibility index (Phi) is 5.50. The lowest BCUT2D eigenvalue weighted by atomic mass is 10.1. The zero-order valence-electron chi connectivity index (χ0n) is 16.4. The second-order valence-electron chi connectivity index (χ2n) is 7.93. The van der Waals surface area contributed by atoms with E-state index in [2.05, 4.69) is 10.6 Å². The first kappa shape index (κ1) is 20.6. The van der Waals surface area contributed by atoms with E-state index in [1.807, 2.05) is 0 Å². The molecule has 0 saturated heterocycles. The molecule has 9 heteroatoms. The van der Waals surface area contributed by atoms with Crippen molar-refractivity contribution in [1.82, 2.24) is 5.32 Å². The number of halogens is 2. The fourth-order valence-electron chi connectivity index (χ4n) is 2.82. The Labute approximate surface area is 167 Å². The first-order valence-corrected chi connectivity index (χ1v) is 9.22. The summed E-state index contributed by atoms with van der Waals surface area (Å²) in [5.74, 6) is -3.45. The molecule has 1 aliphatic carbocycles. The molecule has 0 atom stereocenters. The van der Waals surface area contributed by atoms with E-state index in [0.29, 0.717) is 5.70 Å². The molecule has 0 spiro atoms. The van der Waals surface area contributed by atoms with Gasteiger partial charge in [-0.15, -0.1) is 0 Å². The van der Waals surface area contributed by atoms with Crippen LogP contribution in [0.15, 0.2) is 30.1 Å². The van der Waals surface area contributed by atoms with Crippen LogP contribution in [0, 0.1) is 11.6 Å². The average molecular weight is 407 g/mol. The number of carboxylic acid groups (broad SMARTS) is 1. The van der Waals surface area contributed by atoms with Gasteiger partial charge in [0.15, 0.2) is 5.82 Å². The third-order valence-corrected chi connectivity index (χ3v) is 4.19. The molecule has 0 unspecified atom stereocenters. The Balaban J connectivity index is 1.90. The number of aromatic carboxylic acids is 1. The van der Waals surface area contributed by atoms with E-state index in [1.54, 1.807) is 32.9 Å². The number of nitrogens with zero attached hydrogens (tertiary/aromatic N) is 1. The number of ether oxygens (including phenoxy) is 1. The molecule has 1 fully saturated rings. The number of amides is 1. The Hall–Kier alpha value is -3.10. The van der Waals surface area contributed by atoms with Crippen molar-refractivity contribution < 1.29 is 28.2 Å². The number of carbonyl (C=O) groups excluding carboxylic acids is 1. The van der Waals surface area contributed by atoms with Crippen molar-refractivity contribution in [1.29, 1.82) is 0 Å². The van der Waals surface area contributed by atoms with Crippen LogP contribution in [0.3, 0.4) is 0 Å². The lowest BCUT2D eigenvalue weighted by Gasteiger charge is -2.26. The van der Waals surface area contributed by atoms with Gasteiger partial charge in [-0.25, -0.2) is 18.4 Å². The highest BCUT2D eigenvalue weighted by Gasteiger charge is 2.30. The molecule has 3 N–H and O–H groups in total. The topological polar surface area (TPSA) is 90.9 Å². The third kappa shape index (κ3) is 5.04. The highest BCUT2D eigenvalue weighted by Crippen LogP contribution is 2.36. The van der Waals surface area contributed by atoms with Crippen LogP contribution in [0.1, 0.15) is 44.0 Å². The normalized spacial score (nSPS) is 16.3. The van der Waals surface area contributed by atoms with E-state index in [-0.39, 0.29) is 24.0 Å². The predicted octanol–water partition coefficient (Wildman–Crippen LogP) is 3.98. The van der Waals surface area contributed by atoms with Gasteiger partial charge in [-0.05, 0) is 39.7 Å². The fraction of sp³-hybridized carbons (Fsp3) is 0.400. The number of alkyl carbamates (subject to hydrolysis) is 1. The van der Waals surface area contributed by atoms with Gasteiger partial charge < -0.3 is 20.1 Å². The third-order valence-electron chi connectivity index (χ3n) is 4.19. The van der Waals surface area contributed by atoms with E-state index >= 15 is 4.39 Å². The summed E-state index contributed by atoms with van der Waals surface area (Å²) in [4.78, 5) is 24.8. The smallest absolute Gasteiger partial charge is 0.412 e. The molecule has 1 amide bonds. The SMILES string of the molecule is CC(C)(C)OC(=O)NC1=CN(c2cc(F)c(C(=O)O)c(NC3CC3)c2F)CC=C1. The van der Waals surface area contributed by atoms with Gasteiger partial charge in [0.25, 0.3) is 0 Å². The van der Waals surface area contributed by atoms with Gasteiger partial charge in [0.2, 0.25) is 0 Å². The minimum Gasteiger partial charge on any atom is -0.478 e. The maximum Gasteiger partial charge on any atom is 0.412 e. The van der Waals surface area contributed by atoms with E-state index in [4.69, 9.17) is 4.74 Å². The van der Waals surface area contributed by atoms with Crippen molar-refractivity contribution in [2.24, 2.45) is 0 Å². The fourth-order valence-corrected chi connectivity index (χ4v) is 2.82. The van der Waals surface area contributed by atoms with Crippen molar-refractivity contribution in [3.63, 3.8) is 0 Å². The Bertz CT molecular complexity index is 902. The molecular formula is C20H23F2N3O4. The van der Waals surface area contributed by atoms with Gasteiger partial charge in [-0.1, -0.05) is 6.08 Å². The van der Waals surface area contributed by atoms with Crippen LogP contribution in [0.5, 0.6) is 0 Å². The summed E-state index contributed by atoms with van der Waals surface area (Å²) in [5.41, 5.74) is -1.58. The second-order valence-corrected chi connectivity index (χ2v) is 7.93. The second kappa shape index (κ2) is 7.73. The predicted molar refractivity (Wildman–Crippen MR) is 104 cm³/mol. The minimum atomic E-state index is -1.54. The van der Waals surface area contributed by atoms with E-state index < -0.39 is 34.9 Å². The molecular weight excluding hydrogens is 384 g/mol. The first-order valence-electron chi connectivity index (χ1n) is 9.22. The molecule has 1 aromatic rings. The number of carbonyl (C=O) groups is 2. The quantitative estimate of drug-likeness (QED) is 0.684. The number of hydrogen-bond donors (Lipinski definition) is 3. The molecule has 1 saturated carbocycles. The Morgan fingerprint density at radius 1 is 1.28 bits per heavy atom. The van der Waals surface area contributed by atoms with Crippen molar-refractivity contribution >= 4 is 23.4 Å². The van der Waals surface area contributed by atoms with Crippen LogP contribution in [-0.4, -0.2) is 35.4 Å². The standard InChI is InChI=1S/C20H23F2N3O4/c1-20(2,3)29-19(28)24-12-5-4-8-25(10-12)14-9-13(21)15(18(26)27)17(16(14)22)23-11-6-7-11/h4-5,9-11,23H,6-8H2,1-3H3,(H,24,28)(H,26,27). The molecule has 29 heavy (non-hydrogen) atoms. The summed E-state index contributed by atoms with van der Waals surface area (Å²) >= 11 is 0. The molecule has 2 aliphatic rings. The van der Waals surface area contributed by atoms with Gasteiger partial charge in [-0.3, -0.25) is 5.32 Å². The summed E-state index contributed by atoms with van der Waals surface area (Å²) in [6.07, 6.45) is 5.55. The van der Waals surface area contributed by atoms with Gasteiger partial charge in [0.05, 0.1) is 17.1 Å². The van der Waals surface area contributed by atoms with E-state index in [9.17, 15) is 19.1 Å². The van der Waals surface area contributed by atoms with Crippen LogP contribution in [0.2, 0.25) is 0 Å². The first-order chi connectivity index (χ1) is 13.5. The monoisotopic (exact) mass is 407 g/mol. The summed E-state index contributed by atoms with van der Waals surface area (Å²) in [5, 5.41) is 14.6. The van der Waals surface area contributed by atoms with Crippen LogP contribution in [0.4, 0.5) is 25.0 Å². The van der Waals surface area contributed by atoms with E-state index in [1.165, 1.54) is 11.1 Å². The molecule has 1 heterocycles. The number of anilines is 2. The maximum absolute atomic E-state index is 15.2. The summed E-state index contributed by atoms with van der Waals surface area (Å²) in [6, 6.07) is 0.774. The minimum absolute atomic E-state index is 0.0709. The van der Waals surface area contributed by atoms with E-state index in [0.717, 1.165) is 18.9 Å². The molecule has 156 valence electrons. The molecule has 1 aliphatic heterocycles. The van der Waals surface area contributed by atoms with Crippen molar-refractivity contribution in [3.8, 4) is 0 Å². The number of allylic oxidation sites excluding steroid dienone is 1. The molecule has 3 rings (SSSR count). The largest absolute Gasteiger partial charge is 0.478 e. The number of carboxylic acids is 1.